The highest BCUT2D eigenvalue weighted by atomic mass is 35.5. The molecule has 2 N–H and O–H groups in total. The maximum atomic E-state index is 13.1. The van der Waals surface area contributed by atoms with E-state index in [9.17, 15) is 18.3 Å². The van der Waals surface area contributed by atoms with E-state index >= 15 is 0 Å². The number of hydrogen-bond acceptors (Lipinski definition) is 6. The maximum absolute atomic E-state index is 13.1. The highest BCUT2D eigenvalue weighted by molar-refractivity contribution is 7.90. The van der Waals surface area contributed by atoms with Crippen LogP contribution in [0.15, 0.2) is 48.0 Å². The summed E-state index contributed by atoms with van der Waals surface area (Å²) < 4.78 is 34.0. The van der Waals surface area contributed by atoms with Crippen LogP contribution in [0.25, 0.3) is 0 Å². The number of rotatable bonds is 0. The van der Waals surface area contributed by atoms with Crippen molar-refractivity contribution in [3.8, 4) is 5.75 Å². The SMILES string of the molecule is O=C1NS(=O)(=O)CCC2C=C(C2)[C@@H](O)[C@@H]2CC[C@H]2CN2Cc3ccc(Cl)cc3CCCCOc3ccc1cc32. The van der Waals surface area contributed by atoms with Gasteiger partial charge in [0.15, 0.2) is 0 Å². The molecule has 2 aliphatic carbocycles. The van der Waals surface area contributed by atoms with Gasteiger partial charge in [0.05, 0.1) is 24.2 Å². The first-order chi connectivity index (χ1) is 18.8. The van der Waals surface area contributed by atoms with Crippen molar-refractivity contribution in [2.75, 3.05) is 23.8 Å². The van der Waals surface area contributed by atoms with Crippen LogP contribution in [0.2, 0.25) is 5.02 Å². The second-order valence-corrected chi connectivity index (χ2v) is 13.8. The number of carbonyl (C=O) groups excluding carboxylic acids is 1. The monoisotopic (exact) mass is 570 g/mol. The highest BCUT2D eigenvalue weighted by Crippen LogP contribution is 2.45. The topological polar surface area (TPSA) is 95.9 Å². The summed E-state index contributed by atoms with van der Waals surface area (Å²) in [6.45, 7) is 1.83. The summed E-state index contributed by atoms with van der Waals surface area (Å²) in [6.07, 6.45) is 7.41. The molecule has 3 aliphatic heterocycles. The molecular formula is C30H35ClN2O5S. The van der Waals surface area contributed by atoms with Gasteiger partial charge in [0.25, 0.3) is 5.91 Å². The number of fused-ring (bicyclic) bond motifs is 5. The molecule has 0 radical (unpaired) electrons. The van der Waals surface area contributed by atoms with Gasteiger partial charge in [-0.3, -0.25) is 4.79 Å². The predicted molar refractivity (Wildman–Crippen MR) is 152 cm³/mol. The third-order valence-electron chi connectivity index (χ3n) is 8.86. The largest absolute Gasteiger partial charge is 0.491 e. The summed E-state index contributed by atoms with van der Waals surface area (Å²) >= 11 is 6.37. The van der Waals surface area contributed by atoms with Crippen LogP contribution < -0.4 is 14.4 Å². The van der Waals surface area contributed by atoms with Crippen LogP contribution >= 0.6 is 11.6 Å². The maximum Gasteiger partial charge on any atom is 0.264 e. The Hall–Kier alpha value is -2.55. The minimum atomic E-state index is -3.79. The van der Waals surface area contributed by atoms with Gasteiger partial charge in [0, 0.05) is 23.7 Å². The standard InChI is InChI=1S/C30H35ClN2O5S/c31-25-7-4-22-17-33-18-23-5-8-26(23)29(34)24-13-19(14-24)10-12-39(36,37)32-30(35)21-6-9-28(27(33)16-21)38-11-2-1-3-20(22)15-25/h4,6-7,9,13,15-16,19,23,26,29,34H,1-3,5,8,10-12,14,17-18H2,(H,32,35)/t19?,23-,26+,29+/m0/s1. The lowest BCUT2D eigenvalue weighted by Crippen LogP contribution is -2.45. The fourth-order valence-electron chi connectivity index (χ4n) is 6.39. The predicted octanol–water partition coefficient (Wildman–Crippen LogP) is 4.86. The zero-order valence-corrected chi connectivity index (χ0v) is 23.5. The first-order valence-electron chi connectivity index (χ1n) is 14.0. The number of amides is 1. The van der Waals surface area contributed by atoms with E-state index < -0.39 is 22.0 Å². The summed E-state index contributed by atoms with van der Waals surface area (Å²) in [5.74, 6) is 0.480. The van der Waals surface area contributed by atoms with Crippen LogP contribution in [-0.2, 0) is 23.0 Å². The fraction of sp³-hybridized carbons (Fsp3) is 0.500. The molecule has 4 atom stereocenters. The van der Waals surface area contributed by atoms with Gasteiger partial charge >= 0.3 is 0 Å². The van der Waals surface area contributed by atoms with E-state index in [2.05, 4.69) is 15.7 Å². The molecule has 0 aromatic heterocycles. The van der Waals surface area contributed by atoms with Gasteiger partial charge in [-0.1, -0.05) is 23.7 Å². The molecule has 1 unspecified atom stereocenters. The number of nitrogens with zero attached hydrogens (tertiary/aromatic N) is 1. The number of allylic oxidation sites excluding steroid dienone is 1. The second kappa shape index (κ2) is 10.8. The van der Waals surface area contributed by atoms with Crippen molar-refractivity contribution >= 4 is 33.2 Å². The molecule has 2 aromatic carbocycles. The number of halogens is 1. The Balaban J connectivity index is 1.43. The van der Waals surface area contributed by atoms with Crippen LogP contribution in [0, 0.1) is 17.8 Å². The van der Waals surface area contributed by atoms with Crippen molar-refractivity contribution in [2.45, 2.75) is 57.6 Å². The number of hydrogen-bond donors (Lipinski definition) is 2. The number of aryl methyl sites for hydroxylation is 1. The molecule has 4 bridgehead atoms. The third kappa shape index (κ3) is 5.70. The number of aliphatic hydroxyl groups excluding tert-OH is 1. The van der Waals surface area contributed by atoms with Crippen LogP contribution in [0.1, 0.15) is 60.0 Å². The summed E-state index contributed by atoms with van der Waals surface area (Å²) in [5.41, 5.74) is 4.43. The van der Waals surface area contributed by atoms with E-state index in [-0.39, 0.29) is 23.2 Å². The van der Waals surface area contributed by atoms with Crippen LogP contribution in [-0.4, -0.2) is 44.4 Å². The minimum Gasteiger partial charge on any atom is -0.491 e. The molecule has 7 rings (SSSR count). The van der Waals surface area contributed by atoms with Gasteiger partial charge in [0.2, 0.25) is 10.0 Å². The number of benzene rings is 2. The summed E-state index contributed by atoms with van der Waals surface area (Å²) in [4.78, 5) is 15.4. The molecule has 0 saturated heterocycles. The second-order valence-electron chi connectivity index (χ2n) is 11.5. The molecule has 1 amide bonds. The van der Waals surface area contributed by atoms with Gasteiger partial charge in [-0.15, -0.1) is 0 Å². The number of ether oxygens (including phenoxy) is 1. The van der Waals surface area contributed by atoms with Crippen molar-refractivity contribution < 1.29 is 23.1 Å². The number of anilines is 1. The fourth-order valence-corrected chi connectivity index (χ4v) is 7.70. The average molecular weight is 571 g/mol. The van der Waals surface area contributed by atoms with Crippen LogP contribution in [0.5, 0.6) is 5.75 Å². The third-order valence-corrected chi connectivity index (χ3v) is 10.4. The normalized spacial score (nSPS) is 28.6. The number of aliphatic hydroxyl groups is 1. The first-order valence-corrected chi connectivity index (χ1v) is 16.0. The molecule has 208 valence electrons. The Labute approximate surface area is 235 Å². The van der Waals surface area contributed by atoms with E-state index in [0.29, 0.717) is 49.2 Å². The average Bonchev–Trinajstić information content (AvgIpc) is 2.87. The Morgan fingerprint density at radius 3 is 2.69 bits per heavy atom. The molecule has 3 heterocycles. The molecule has 1 saturated carbocycles. The van der Waals surface area contributed by atoms with E-state index in [4.69, 9.17) is 16.3 Å². The summed E-state index contributed by atoms with van der Waals surface area (Å²) in [6, 6.07) is 11.2. The van der Waals surface area contributed by atoms with Gasteiger partial charge in [0.1, 0.15) is 5.75 Å². The quantitative estimate of drug-likeness (QED) is 0.439. The molecule has 1 fully saturated rings. The number of sulfonamides is 1. The molecule has 9 heteroatoms. The Morgan fingerprint density at radius 1 is 1.05 bits per heavy atom. The lowest BCUT2D eigenvalue weighted by atomic mass is 9.66. The van der Waals surface area contributed by atoms with Gasteiger partial charge in [-0.2, -0.15) is 0 Å². The van der Waals surface area contributed by atoms with E-state index in [1.165, 1.54) is 11.1 Å². The lowest BCUT2D eigenvalue weighted by Gasteiger charge is -2.45. The minimum absolute atomic E-state index is 0.116. The Morgan fingerprint density at radius 2 is 1.90 bits per heavy atom. The highest BCUT2D eigenvalue weighted by Gasteiger charge is 2.41. The molecule has 2 aromatic rings. The molecule has 5 aliphatic rings. The zero-order chi connectivity index (χ0) is 27.1. The Bertz CT molecular complexity index is 1410. The van der Waals surface area contributed by atoms with Gasteiger partial charge in [-0.25, -0.2) is 13.1 Å². The lowest BCUT2D eigenvalue weighted by molar-refractivity contribution is 0.0325. The van der Waals surface area contributed by atoms with Gasteiger partial charge in [-0.05, 0) is 110 Å². The molecule has 0 spiro atoms. The van der Waals surface area contributed by atoms with E-state index in [1.54, 1.807) is 18.2 Å². The van der Waals surface area contributed by atoms with Crippen molar-refractivity contribution in [2.24, 2.45) is 17.8 Å². The van der Waals surface area contributed by atoms with Crippen molar-refractivity contribution in [1.82, 2.24) is 4.72 Å². The Kier molecular flexibility index (Phi) is 7.37. The first kappa shape index (κ1) is 26.7. The smallest absolute Gasteiger partial charge is 0.264 e. The molecular weight excluding hydrogens is 536 g/mol. The van der Waals surface area contributed by atoms with Crippen molar-refractivity contribution in [3.05, 3.63) is 69.8 Å². The van der Waals surface area contributed by atoms with E-state index in [0.717, 1.165) is 43.4 Å². The van der Waals surface area contributed by atoms with Crippen LogP contribution in [0.3, 0.4) is 0 Å². The molecule has 7 nitrogen and oxygen atoms in total. The zero-order valence-electron chi connectivity index (χ0n) is 21.9. The van der Waals surface area contributed by atoms with E-state index in [1.807, 2.05) is 18.2 Å². The molecule has 39 heavy (non-hydrogen) atoms. The number of carbonyl (C=O) groups is 1. The van der Waals surface area contributed by atoms with Crippen molar-refractivity contribution in [1.29, 1.82) is 0 Å². The number of nitrogens with one attached hydrogen (secondary N) is 1. The van der Waals surface area contributed by atoms with Crippen LogP contribution in [0.4, 0.5) is 5.69 Å². The van der Waals surface area contributed by atoms with Crippen molar-refractivity contribution in [3.63, 3.8) is 0 Å². The van der Waals surface area contributed by atoms with Gasteiger partial charge < -0.3 is 14.7 Å². The summed E-state index contributed by atoms with van der Waals surface area (Å²) in [5, 5.41) is 11.9. The summed E-state index contributed by atoms with van der Waals surface area (Å²) in [7, 11) is -3.79.